The summed E-state index contributed by atoms with van der Waals surface area (Å²) in [7, 11) is -2.88. The molecule has 3 aromatic rings. The van der Waals surface area contributed by atoms with E-state index in [2.05, 4.69) is 15.3 Å². The number of ether oxygens (including phenoxy) is 2. The average Bonchev–Trinajstić information content (AvgIpc) is 3.36. The number of halogens is 4. The standard InChI is InChI=1S/C24H26ClF3N4O5S/c1-3-15-8-20-30-17(21(33)31-23(2)4-6-38(34,7-5-23)14-36-38)11-32(20)12-19(15)37-22-18(9-16(25)10-29-22)35-13-24(26,27)28/h8-12H,3-7,13-14H2,1-2H3,(H,31,33). The van der Waals surface area contributed by atoms with Crippen molar-refractivity contribution in [2.45, 2.75) is 44.8 Å². The number of nitrogens with one attached hydrogen (secondary N) is 1. The summed E-state index contributed by atoms with van der Waals surface area (Å²) in [6, 6.07) is 2.92. The first kappa shape index (κ1) is 26.7. The number of hydrogen-bond donors (Lipinski definition) is 1. The van der Waals surface area contributed by atoms with Crippen molar-refractivity contribution in [2.24, 2.45) is 0 Å². The van der Waals surface area contributed by atoms with Crippen LogP contribution in [-0.2, 0) is 20.0 Å². The molecule has 0 bridgehead atoms. The fourth-order valence-corrected chi connectivity index (χ4v) is 7.64. The van der Waals surface area contributed by atoms with Crippen molar-refractivity contribution in [1.82, 2.24) is 19.7 Å². The molecule has 38 heavy (non-hydrogen) atoms. The molecule has 3 aromatic heterocycles. The van der Waals surface area contributed by atoms with Crippen molar-refractivity contribution in [3.8, 4) is 17.4 Å². The van der Waals surface area contributed by atoms with Gasteiger partial charge in [-0.05, 0) is 37.8 Å². The molecule has 5 rings (SSSR count). The van der Waals surface area contributed by atoms with Gasteiger partial charge < -0.3 is 19.2 Å². The number of pyridine rings is 2. The molecule has 2 saturated heterocycles. The van der Waals surface area contributed by atoms with Crippen molar-refractivity contribution in [3.63, 3.8) is 0 Å². The van der Waals surface area contributed by atoms with Gasteiger partial charge in [0, 0.05) is 35.5 Å². The molecule has 9 nitrogen and oxygen atoms in total. The predicted molar refractivity (Wildman–Crippen MR) is 134 cm³/mol. The second-order valence-electron chi connectivity index (χ2n) is 9.92. The second kappa shape index (κ2) is 9.09. The lowest BCUT2D eigenvalue weighted by Crippen LogP contribution is -2.53. The second-order valence-corrected chi connectivity index (χ2v) is 14.4. The molecular weight excluding hydrogens is 549 g/mol. The topological polar surface area (TPSA) is 107 Å². The van der Waals surface area contributed by atoms with Crippen molar-refractivity contribution >= 4 is 32.5 Å². The molecule has 5 heterocycles. The Labute approximate surface area is 221 Å². The van der Waals surface area contributed by atoms with E-state index in [1.54, 1.807) is 16.7 Å². The number of nitrogens with zero attached hydrogens (tertiary/aromatic N) is 3. The summed E-state index contributed by atoms with van der Waals surface area (Å²) < 4.78 is 68.5. The molecule has 0 aliphatic carbocycles. The number of carbonyl (C=O) groups is 1. The van der Waals surface area contributed by atoms with E-state index in [1.165, 1.54) is 18.5 Å². The van der Waals surface area contributed by atoms with Gasteiger partial charge in [-0.2, -0.15) is 22.5 Å². The molecule has 206 valence electrons. The van der Waals surface area contributed by atoms with Gasteiger partial charge in [0.15, 0.2) is 18.3 Å². The van der Waals surface area contributed by atoms with E-state index in [0.29, 0.717) is 53.7 Å². The van der Waals surface area contributed by atoms with Crippen LogP contribution in [0.1, 0.15) is 42.7 Å². The van der Waals surface area contributed by atoms with Crippen LogP contribution in [0, 0.1) is 0 Å². The minimum atomic E-state index is -4.55. The van der Waals surface area contributed by atoms with Crippen LogP contribution in [0.2, 0.25) is 5.02 Å². The van der Waals surface area contributed by atoms with Crippen LogP contribution in [-0.4, -0.2) is 60.3 Å². The van der Waals surface area contributed by atoms with Crippen LogP contribution in [0.4, 0.5) is 13.2 Å². The fraction of sp³-hybridized carbons (Fsp3) is 0.458. The zero-order valence-corrected chi connectivity index (χ0v) is 22.2. The number of aryl methyl sites for hydroxylation is 1. The van der Waals surface area contributed by atoms with Crippen LogP contribution >= 0.6 is 11.6 Å². The van der Waals surface area contributed by atoms with E-state index in [4.69, 9.17) is 25.3 Å². The maximum atomic E-state index is 13.1. The minimum absolute atomic E-state index is 0.0877. The molecule has 1 amide bonds. The monoisotopic (exact) mass is 574 g/mol. The predicted octanol–water partition coefficient (Wildman–Crippen LogP) is 4.68. The molecule has 14 heteroatoms. The summed E-state index contributed by atoms with van der Waals surface area (Å²) >= 11 is 5.89. The molecule has 0 unspecified atom stereocenters. The van der Waals surface area contributed by atoms with E-state index < -0.39 is 27.7 Å². The van der Waals surface area contributed by atoms with Crippen LogP contribution in [0.25, 0.3) is 5.65 Å². The summed E-state index contributed by atoms with van der Waals surface area (Å²) in [6.45, 7) is 2.26. The molecule has 1 spiro atoms. The van der Waals surface area contributed by atoms with Gasteiger partial charge in [-0.1, -0.05) is 18.5 Å². The zero-order valence-electron chi connectivity index (χ0n) is 20.6. The SMILES string of the molecule is CCc1cc2nc(C(=O)NC3(C)CCS4(=O)(CC3)CO4)cn2cc1Oc1ncc(Cl)cc1OCC(F)(F)F. The van der Waals surface area contributed by atoms with Gasteiger partial charge >= 0.3 is 6.18 Å². The maximum absolute atomic E-state index is 13.1. The van der Waals surface area contributed by atoms with Gasteiger partial charge in [0.1, 0.15) is 17.1 Å². The van der Waals surface area contributed by atoms with E-state index in [0.717, 1.165) is 0 Å². The number of amides is 1. The Morgan fingerprint density at radius 2 is 1.97 bits per heavy atom. The highest BCUT2D eigenvalue weighted by Crippen LogP contribution is 2.48. The molecule has 2 fully saturated rings. The van der Waals surface area contributed by atoms with Crippen molar-refractivity contribution in [3.05, 3.63) is 47.0 Å². The van der Waals surface area contributed by atoms with Gasteiger partial charge in [-0.25, -0.2) is 14.2 Å². The lowest BCUT2D eigenvalue weighted by Gasteiger charge is -2.41. The van der Waals surface area contributed by atoms with Gasteiger partial charge in [0.25, 0.3) is 11.8 Å². The Morgan fingerprint density at radius 3 is 2.61 bits per heavy atom. The summed E-state index contributed by atoms with van der Waals surface area (Å²) in [5.74, 6) is 0.676. The zero-order chi connectivity index (χ0) is 27.4. The largest absolute Gasteiger partial charge is 0.478 e. The first-order chi connectivity index (χ1) is 17.8. The molecule has 0 atom stereocenters. The number of rotatable bonds is 7. The normalized spacial score (nSPS) is 22.9. The lowest BCUT2D eigenvalue weighted by molar-refractivity contribution is -0.153. The summed E-state index contributed by atoms with van der Waals surface area (Å²) in [5, 5.41) is 3.11. The van der Waals surface area contributed by atoms with Crippen molar-refractivity contribution < 1.29 is 35.8 Å². The Balaban J connectivity index is 1.36. The molecule has 2 aliphatic heterocycles. The highest BCUT2D eigenvalue weighted by Gasteiger charge is 2.51. The minimum Gasteiger partial charge on any atom is -0.478 e. The number of alkyl halides is 3. The van der Waals surface area contributed by atoms with Crippen molar-refractivity contribution in [2.75, 3.05) is 24.1 Å². The number of hydrogen-bond acceptors (Lipinski definition) is 7. The number of aromatic nitrogens is 3. The molecule has 0 saturated carbocycles. The Hall–Kier alpha value is -2.90. The number of imidazole rings is 1. The van der Waals surface area contributed by atoms with E-state index in [-0.39, 0.29) is 28.3 Å². The summed E-state index contributed by atoms with van der Waals surface area (Å²) in [4.78, 5) is 21.5. The Kier molecular flexibility index (Phi) is 6.39. The molecular formula is C24H26ClF3N4O5S. The van der Waals surface area contributed by atoms with E-state index >= 15 is 0 Å². The molecule has 2 aliphatic rings. The molecule has 0 radical (unpaired) electrons. The third-order valence-electron chi connectivity index (χ3n) is 6.81. The van der Waals surface area contributed by atoms with E-state index in [9.17, 15) is 22.2 Å². The van der Waals surface area contributed by atoms with Crippen LogP contribution in [0.5, 0.6) is 17.4 Å². The van der Waals surface area contributed by atoms with Crippen LogP contribution in [0.3, 0.4) is 0 Å². The highest BCUT2D eigenvalue weighted by molar-refractivity contribution is 8.20. The third kappa shape index (κ3) is 5.59. The first-order valence-electron chi connectivity index (χ1n) is 11.9. The van der Waals surface area contributed by atoms with Crippen LogP contribution < -0.4 is 14.8 Å². The summed E-state index contributed by atoms with van der Waals surface area (Å²) in [5.41, 5.74) is 0.822. The van der Waals surface area contributed by atoms with Crippen LogP contribution in [0.15, 0.2) is 30.7 Å². The molecule has 1 N–H and O–H groups in total. The van der Waals surface area contributed by atoms with Gasteiger partial charge in [0.2, 0.25) is 0 Å². The Morgan fingerprint density at radius 1 is 1.26 bits per heavy atom. The maximum Gasteiger partial charge on any atom is 0.422 e. The van der Waals surface area contributed by atoms with Gasteiger partial charge in [0.05, 0.1) is 11.2 Å². The number of fused-ring (bicyclic) bond motifs is 1. The molecule has 0 aromatic carbocycles. The first-order valence-corrected chi connectivity index (χ1v) is 14.7. The quantitative estimate of drug-likeness (QED) is 0.408. The Bertz CT molecular complexity index is 1470. The average molecular weight is 575 g/mol. The smallest absolute Gasteiger partial charge is 0.422 e. The van der Waals surface area contributed by atoms with Gasteiger partial charge in [-0.15, -0.1) is 0 Å². The van der Waals surface area contributed by atoms with Crippen molar-refractivity contribution in [1.29, 1.82) is 0 Å². The van der Waals surface area contributed by atoms with Gasteiger partial charge in [-0.3, -0.25) is 8.98 Å². The lowest BCUT2D eigenvalue weighted by atomic mass is 9.95. The fourth-order valence-electron chi connectivity index (χ4n) is 4.30. The third-order valence-corrected chi connectivity index (χ3v) is 10.3. The summed E-state index contributed by atoms with van der Waals surface area (Å²) in [6.07, 6.45) is 1.38. The number of carbonyl (C=O) groups excluding carboxylic acids is 1. The highest BCUT2D eigenvalue weighted by atomic mass is 35.5. The van der Waals surface area contributed by atoms with E-state index in [1.807, 2.05) is 13.8 Å².